The molecule has 7 nitrogen and oxygen atoms in total. The highest BCUT2D eigenvalue weighted by atomic mass is 19.1. The van der Waals surface area contributed by atoms with E-state index in [9.17, 15) is 9.50 Å². The van der Waals surface area contributed by atoms with Gasteiger partial charge in [0.25, 0.3) is 0 Å². The van der Waals surface area contributed by atoms with E-state index in [0.29, 0.717) is 11.3 Å². The zero-order valence-electron chi connectivity index (χ0n) is 16.1. The van der Waals surface area contributed by atoms with Gasteiger partial charge in [-0.3, -0.25) is 9.67 Å². The Balaban J connectivity index is 1.72. The zero-order chi connectivity index (χ0) is 21.0. The van der Waals surface area contributed by atoms with E-state index in [1.807, 2.05) is 0 Å². The Morgan fingerprint density at radius 3 is 2.70 bits per heavy atom. The quantitative estimate of drug-likeness (QED) is 0.498. The molecule has 150 valence electrons. The Labute approximate surface area is 169 Å². The SMILES string of the molecule is Cn1cc(-c2ccc3ncc([C@](C)(O)c4c(F)cc5ncccc5c4F)n3n2)cn1. The Morgan fingerprint density at radius 2 is 1.93 bits per heavy atom. The number of nitrogens with zero attached hydrogens (tertiary/aromatic N) is 6. The van der Waals surface area contributed by atoms with E-state index < -0.39 is 22.8 Å². The summed E-state index contributed by atoms with van der Waals surface area (Å²) >= 11 is 0. The van der Waals surface area contributed by atoms with Crippen molar-refractivity contribution in [3.63, 3.8) is 0 Å². The van der Waals surface area contributed by atoms with Crippen LogP contribution in [0.4, 0.5) is 8.78 Å². The van der Waals surface area contributed by atoms with Crippen molar-refractivity contribution in [1.29, 1.82) is 0 Å². The maximum atomic E-state index is 15.3. The van der Waals surface area contributed by atoms with Crippen LogP contribution in [0.15, 0.2) is 55.1 Å². The van der Waals surface area contributed by atoms with Crippen LogP contribution in [0.1, 0.15) is 18.2 Å². The molecule has 9 heteroatoms. The van der Waals surface area contributed by atoms with Crippen molar-refractivity contribution in [2.24, 2.45) is 7.05 Å². The standard InChI is InChI=1S/C21H16F2N6O/c1-21(30,19-14(22)8-16-13(20(19)23)4-3-7-24-16)17-10-25-18-6-5-15(27-29(17)18)12-9-26-28(2)11-12/h3-11,30H,1-2H3/t21-/m0/s1. The van der Waals surface area contributed by atoms with Crippen LogP contribution in [0.3, 0.4) is 0 Å². The maximum absolute atomic E-state index is 15.3. The third kappa shape index (κ3) is 2.66. The van der Waals surface area contributed by atoms with Crippen LogP contribution in [-0.2, 0) is 12.6 Å². The average Bonchev–Trinajstić information content (AvgIpc) is 3.33. The largest absolute Gasteiger partial charge is 0.379 e. The van der Waals surface area contributed by atoms with Crippen LogP contribution in [0.5, 0.6) is 0 Å². The van der Waals surface area contributed by atoms with E-state index >= 15 is 4.39 Å². The number of fused-ring (bicyclic) bond motifs is 2. The van der Waals surface area contributed by atoms with Gasteiger partial charge in [-0.15, -0.1) is 0 Å². The molecule has 4 aromatic heterocycles. The average molecular weight is 406 g/mol. The molecule has 0 aliphatic carbocycles. The summed E-state index contributed by atoms with van der Waals surface area (Å²) in [6, 6.07) is 7.63. The Morgan fingerprint density at radius 1 is 1.10 bits per heavy atom. The summed E-state index contributed by atoms with van der Waals surface area (Å²) in [6.07, 6.45) is 6.26. The van der Waals surface area contributed by atoms with E-state index in [0.717, 1.165) is 11.6 Å². The van der Waals surface area contributed by atoms with Crippen LogP contribution in [-0.4, -0.2) is 34.5 Å². The lowest BCUT2D eigenvalue weighted by atomic mass is 9.90. The summed E-state index contributed by atoms with van der Waals surface area (Å²) < 4.78 is 33.2. The van der Waals surface area contributed by atoms with Crippen molar-refractivity contribution in [3.05, 3.63) is 78.0 Å². The molecular formula is C21H16F2N6O. The number of halogens is 2. The highest BCUT2D eigenvalue weighted by Crippen LogP contribution is 2.36. The zero-order valence-corrected chi connectivity index (χ0v) is 16.1. The van der Waals surface area contributed by atoms with Gasteiger partial charge in [-0.25, -0.2) is 18.3 Å². The van der Waals surface area contributed by atoms with E-state index in [1.165, 1.54) is 29.9 Å². The van der Waals surface area contributed by atoms with Gasteiger partial charge in [0.2, 0.25) is 0 Å². The van der Waals surface area contributed by atoms with Crippen molar-refractivity contribution >= 4 is 16.6 Å². The van der Waals surface area contributed by atoms with E-state index in [4.69, 9.17) is 0 Å². The van der Waals surface area contributed by atoms with Crippen LogP contribution in [0, 0.1) is 11.6 Å². The Hall–Kier alpha value is -3.72. The lowest BCUT2D eigenvalue weighted by Gasteiger charge is -2.24. The van der Waals surface area contributed by atoms with Gasteiger partial charge in [-0.2, -0.15) is 10.2 Å². The predicted octanol–water partition coefficient (Wildman–Crippen LogP) is 3.21. The molecule has 1 atom stereocenters. The topological polar surface area (TPSA) is 81.1 Å². The van der Waals surface area contributed by atoms with Gasteiger partial charge in [-0.1, -0.05) is 0 Å². The number of benzene rings is 1. The van der Waals surface area contributed by atoms with Crippen LogP contribution >= 0.6 is 0 Å². The van der Waals surface area contributed by atoms with E-state index in [2.05, 4.69) is 20.2 Å². The normalized spacial score (nSPS) is 13.8. The molecule has 0 bridgehead atoms. The first-order valence-electron chi connectivity index (χ1n) is 9.16. The fraction of sp³-hybridized carbons (Fsp3) is 0.143. The second-order valence-electron chi connectivity index (χ2n) is 7.22. The molecule has 0 unspecified atom stereocenters. The number of imidazole rings is 1. The number of rotatable bonds is 3. The fourth-order valence-electron chi connectivity index (χ4n) is 3.64. The molecule has 0 aliphatic heterocycles. The van der Waals surface area contributed by atoms with Crippen LogP contribution in [0.25, 0.3) is 27.8 Å². The maximum Gasteiger partial charge on any atom is 0.153 e. The molecule has 0 amide bonds. The number of aliphatic hydroxyl groups is 1. The molecule has 0 aliphatic rings. The third-order valence-corrected chi connectivity index (χ3v) is 5.15. The minimum Gasteiger partial charge on any atom is -0.379 e. The summed E-state index contributed by atoms with van der Waals surface area (Å²) in [6.45, 7) is 1.32. The molecule has 1 N–H and O–H groups in total. The molecule has 0 fully saturated rings. The molecule has 0 saturated heterocycles. The molecule has 4 heterocycles. The summed E-state index contributed by atoms with van der Waals surface area (Å²) in [5, 5.41) is 20.1. The van der Waals surface area contributed by atoms with Gasteiger partial charge < -0.3 is 5.11 Å². The summed E-state index contributed by atoms with van der Waals surface area (Å²) in [5.41, 5.74) is -0.466. The van der Waals surface area contributed by atoms with Gasteiger partial charge in [-0.05, 0) is 31.2 Å². The minimum atomic E-state index is -2.04. The Kier molecular flexibility index (Phi) is 3.90. The fourth-order valence-corrected chi connectivity index (χ4v) is 3.64. The van der Waals surface area contributed by atoms with Gasteiger partial charge in [0.15, 0.2) is 5.65 Å². The smallest absolute Gasteiger partial charge is 0.153 e. The van der Waals surface area contributed by atoms with Crippen molar-refractivity contribution < 1.29 is 13.9 Å². The van der Waals surface area contributed by atoms with Crippen molar-refractivity contribution in [3.8, 4) is 11.3 Å². The molecule has 5 rings (SSSR count). The van der Waals surface area contributed by atoms with Crippen LogP contribution in [0.2, 0.25) is 0 Å². The van der Waals surface area contributed by atoms with Crippen molar-refractivity contribution in [1.82, 2.24) is 29.4 Å². The lowest BCUT2D eigenvalue weighted by Crippen LogP contribution is -2.28. The number of pyridine rings is 1. The highest BCUT2D eigenvalue weighted by molar-refractivity contribution is 5.80. The molecule has 30 heavy (non-hydrogen) atoms. The van der Waals surface area contributed by atoms with Gasteiger partial charge >= 0.3 is 0 Å². The molecule has 5 aromatic rings. The third-order valence-electron chi connectivity index (χ3n) is 5.15. The van der Waals surface area contributed by atoms with Crippen molar-refractivity contribution in [2.75, 3.05) is 0 Å². The van der Waals surface area contributed by atoms with Gasteiger partial charge in [0.05, 0.1) is 34.9 Å². The number of hydrogen-bond acceptors (Lipinski definition) is 5. The van der Waals surface area contributed by atoms with Gasteiger partial charge in [0.1, 0.15) is 17.2 Å². The molecule has 0 spiro atoms. The lowest BCUT2D eigenvalue weighted by molar-refractivity contribution is 0.0871. The van der Waals surface area contributed by atoms with Crippen LogP contribution < -0.4 is 0 Å². The summed E-state index contributed by atoms with van der Waals surface area (Å²) in [7, 11) is 1.79. The van der Waals surface area contributed by atoms with E-state index in [1.54, 1.807) is 42.3 Å². The molecular weight excluding hydrogens is 390 g/mol. The first-order chi connectivity index (χ1) is 14.4. The first-order valence-corrected chi connectivity index (χ1v) is 9.16. The monoisotopic (exact) mass is 406 g/mol. The highest BCUT2D eigenvalue weighted by Gasteiger charge is 2.36. The molecule has 0 radical (unpaired) electrons. The number of aromatic nitrogens is 6. The second kappa shape index (κ2) is 6.39. The Bertz CT molecular complexity index is 1420. The summed E-state index contributed by atoms with van der Waals surface area (Å²) in [5.74, 6) is -1.77. The molecule has 0 saturated carbocycles. The minimum absolute atomic E-state index is 0.118. The first kappa shape index (κ1) is 18.3. The van der Waals surface area contributed by atoms with Crippen molar-refractivity contribution in [2.45, 2.75) is 12.5 Å². The van der Waals surface area contributed by atoms with E-state index in [-0.39, 0.29) is 16.6 Å². The number of hydrogen-bond donors (Lipinski definition) is 1. The number of aryl methyl sites for hydroxylation is 1. The predicted molar refractivity (Wildman–Crippen MR) is 106 cm³/mol. The summed E-state index contributed by atoms with van der Waals surface area (Å²) in [4.78, 5) is 8.22. The molecule has 1 aromatic carbocycles. The second-order valence-corrected chi connectivity index (χ2v) is 7.22. The van der Waals surface area contributed by atoms with Gasteiger partial charge in [0, 0.05) is 36.5 Å².